The first-order valence-electron chi connectivity index (χ1n) is 4.64. The Labute approximate surface area is 107 Å². The van der Waals surface area contributed by atoms with Crippen molar-refractivity contribution in [3.8, 4) is 5.75 Å². The van der Waals surface area contributed by atoms with Crippen molar-refractivity contribution in [1.82, 2.24) is 14.8 Å². The zero-order valence-corrected chi connectivity index (χ0v) is 10.8. The van der Waals surface area contributed by atoms with Crippen molar-refractivity contribution in [2.45, 2.75) is 4.90 Å². The lowest BCUT2D eigenvalue weighted by atomic mass is 10.3. The Morgan fingerprint density at radius 2 is 2.22 bits per heavy atom. The number of aromatic nitrogens is 3. The van der Waals surface area contributed by atoms with Crippen molar-refractivity contribution in [3.05, 3.63) is 18.2 Å². The summed E-state index contributed by atoms with van der Waals surface area (Å²) in [5, 5.41) is 6.88. The predicted molar refractivity (Wildman–Crippen MR) is 65.9 cm³/mol. The summed E-state index contributed by atoms with van der Waals surface area (Å²) in [5.74, 6) is 0.285. The number of nitrogen functional groups attached to an aromatic ring is 1. The van der Waals surface area contributed by atoms with Crippen LogP contribution in [0.25, 0.3) is 0 Å². The highest BCUT2D eigenvalue weighted by molar-refractivity contribution is 7.93. The van der Waals surface area contributed by atoms with Gasteiger partial charge in [0.05, 0.1) is 17.7 Å². The summed E-state index contributed by atoms with van der Waals surface area (Å²) in [6.45, 7) is 0. The standard InChI is InChI=1S/C8H9N5O3S2/c1-16-7-4-5(2-3-6(7)9)18(14,15)11-8-10-12-13-17-8/h2-4H,9H2,1H3,(H,10,11,13). The fourth-order valence-corrected chi connectivity index (χ4v) is 2.81. The monoisotopic (exact) mass is 287 g/mol. The van der Waals surface area contributed by atoms with E-state index in [1.54, 1.807) is 0 Å². The molecule has 0 unspecified atom stereocenters. The molecule has 3 N–H and O–H groups in total. The zero-order chi connectivity index (χ0) is 13.2. The molecule has 0 amide bonds. The van der Waals surface area contributed by atoms with Gasteiger partial charge in [-0.15, -0.1) is 0 Å². The Morgan fingerprint density at radius 3 is 2.83 bits per heavy atom. The lowest BCUT2D eigenvalue weighted by Gasteiger charge is -2.08. The summed E-state index contributed by atoms with van der Waals surface area (Å²) in [6.07, 6.45) is 0. The van der Waals surface area contributed by atoms with Gasteiger partial charge in [0.2, 0.25) is 5.13 Å². The third-order valence-corrected chi connectivity index (χ3v) is 4.01. The number of nitrogens with zero attached hydrogens (tertiary/aromatic N) is 3. The van der Waals surface area contributed by atoms with Crippen LogP contribution < -0.4 is 15.2 Å². The highest BCUT2D eigenvalue weighted by Crippen LogP contribution is 2.25. The van der Waals surface area contributed by atoms with Crippen molar-refractivity contribution >= 4 is 32.4 Å². The Balaban J connectivity index is 2.35. The Morgan fingerprint density at radius 1 is 1.44 bits per heavy atom. The summed E-state index contributed by atoms with van der Waals surface area (Å²) in [7, 11) is -2.34. The number of nitrogens with two attached hydrogens (primary N) is 1. The fraction of sp³-hybridized carbons (Fsp3) is 0.125. The molecule has 1 aromatic carbocycles. The SMILES string of the molecule is COc1cc(S(=O)(=O)Nc2nnns2)ccc1N. The average Bonchev–Trinajstić information content (AvgIpc) is 2.81. The maximum absolute atomic E-state index is 12.0. The van der Waals surface area contributed by atoms with Gasteiger partial charge in [-0.05, 0) is 17.3 Å². The molecule has 0 atom stereocenters. The molecule has 18 heavy (non-hydrogen) atoms. The lowest BCUT2D eigenvalue weighted by molar-refractivity contribution is 0.415. The quantitative estimate of drug-likeness (QED) is 0.777. The van der Waals surface area contributed by atoms with Gasteiger partial charge in [0.25, 0.3) is 10.0 Å². The van der Waals surface area contributed by atoms with E-state index in [1.807, 2.05) is 0 Å². The third kappa shape index (κ3) is 2.49. The second-order valence-corrected chi connectivity index (χ2v) is 5.59. The number of rotatable bonds is 4. The first-order valence-corrected chi connectivity index (χ1v) is 6.90. The van der Waals surface area contributed by atoms with Crippen LogP contribution in [0, 0.1) is 0 Å². The number of anilines is 2. The predicted octanol–water partition coefficient (Wildman–Crippen LogP) is 0.325. The van der Waals surface area contributed by atoms with Crippen LogP contribution in [0.3, 0.4) is 0 Å². The molecule has 10 heteroatoms. The van der Waals surface area contributed by atoms with Crippen LogP contribution in [0.15, 0.2) is 23.1 Å². The third-order valence-electron chi connectivity index (χ3n) is 2.04. The van der Waals surface area contributed by atoms with Gasteiger partial charge < -0.3 is 10.5 Å². The van der Waals surface area contributed by atoms with Crippen LogP contribution in [-0.2, 0) is 10.0 Å². The summed E-state index contributed by atoms with van der Waals surface area (Å²) >= 11 is 0.839. The second kappa shape index (κ2) is 4.74. The highest BCUT2D eigenvalue weighted by atomic mass is 32.2. The molecule has 2 rings (SSSR count). The summed E-state index contributed by atoms with van der Waals surface area (Å²) in [4.78, 5) is 0.0174. The number of benzene rings is 1. The van der Waals surface area contributed by atoms with Crippen LogP contribution in [0.5, 0.6) is 5.75 Å². The van der Waals surface area contributed by atoms with E-state index in [2.05, 4.69) is 19.5 Å². The van der Waals surface area contributed by atoms with Crippen molar-refractivity contribution < 1.29 is 13.2 Å². The molecule has 0 radical (unpaired) electrons. The number of sulfonamides is 1. The van der Waals surface area contributed by atoms with Crippen molar-refractivity contribution in [2.24, 2.45) is 0 Å². The molecule has 1 aromatic heterocycles. The average molecular weight is 287 g/mol. The molecule has 96 valence electrons. The van der Waals surface area contributed by atoms with E-state index >= 15 is 0 Å². The first kappa shape index (κ1) is 12.5. The van der Waals surface area contributed by atoms with Crippen LogP contribution in [0.1, 0.15) is 0 Å². The van der Waals surface area contributed by atoms with Gasteiger partial charge >= 0.3 is 0 Å². The molecule has 0 spiro atoms. The van der Waals surface area contributed by atoms with Crippen molar-refractivity contribution in [2.75, 3.05) is 17.6 Å². The second-order valence-electron chi connectivity index (χ2n) is 3.18. The van der Waals surface area contributed by atoms with E-state index in [-0.39, 0.29) is 15.8 Å². The summed E-state index contributed by atoms with van der Waals surface area (Å²) in [6, 6.07) is 4.15. The molecule has 0 aliphatic heterocycles. The molecule has 8 nitrogen and oxygen atoms in total. The molecule has 0 saturated carbocycles. The number of hydrogen-bond acceptors (Lipinski definition) is 8. The van der Waals surface area contributed by atoms with Gasteiger partial charge in [-0.2, -0.15) is 0 Å². The normalized spacial score (nSPS) is 11.2. The van der Waals surface area contributed by atoms with E-state index in [4.69, 9.17) is 10.5 Å². The van der Waals surface area contributed by atoms with Crippen LogP contribution >= 0.6 is 11.5 Å². The molecule has 0 saturated heterocycles. The molecule has 0 fully saturated rings. The Kier molecular flexibility index (Phi) is 3.30. The highest BCUT2D eigenvalue weighted by Gasteiger charge is 2.17. The topological polar surface area (TPSA) is 120 Å². The smallest absolute Gasteiger partial charge is 0.263 e. The van der Waals surface area contributed by atoms with E-state index in [1.165, 1.54) is 25.3 Å². The molecular formula is C8H9N5O3S2. The van der Waals surface area contributed by atoms with E-state index in [0.717, 1.165) is 11.5 Å². The number of methoxy groups -OCH3 is 1. The Bertz CT molecular complexity index is 641. The van der Waals surface area contributed by atoms with Crippen LogP contribution in [0.2, 0.25) is 0 Å². The maximum atomic E-state index is 12.0. The molecule has 0 bridgehead atoms. The number of ether oxygens (including phenoxy) is 1. The zero-order valence-electron chi connectivity index (χ0n) is 9.19. The van der Waals surface area contributed by atoms with Crippen molar-refractivity contribution in [1.29, 1.82) is 0 Å². The molecule has 1 heterocycles. The van der Waals surface area contributed by atoms with Gasteiger partial charge in [0.1, 0.15) is 5.75 Å². The van der Waals surface area contributed by atoms with Gasteiger partial charge in [0.15, 0.2) is 0 Å². The fourth-order valence-electron chi connectivity index (χ4n) is 1.21. The van der Waals surface area contributed by atoms with Gasteiger partial charge in [-0.3, -0.25) is 4.72 Å². The van der Waals surface area contributed by atoms with E-state index in [0.29, 0.717) is 5.69 Å². The van der Waals surface area contributed by atoms with Crippen LogP contribution in [0.4, 0.5) is 10.8 Å². The minimum Gasteiger partial charge on any atom is -0.495 e. The van der Waals surface area contributed by atoms with Gasteiger partial charge in [-0.1, -0.05) is 9.59 Å². The minimum absolute atomic E-state index is 0.0174. The Hall–Kier alpha value is -1.94. The summed E-state index contributed by atoms with van der Waals surface area (Å²) < 4.78 is 34.6. The van der Waals surface area contributed by atoms with Crippen LogP contribution in [-0.4, -0.2) is 30.3 Å². The molecule has 0 aliphatic carbocycles. The molecule has 2 aromatic rings. The number of nitrogens with one attached hydrogen (secondary N) is 1. The molecular weight excluding hydrogens is 278 g/mol. The van der Waals surface area contributed by atoms with E-state index in [9.17, 15) is 8.42 Å². The van der Waals surface area contributed by atoms with Crippen molar-refractivity contribution in [3.63, 3.8) is 0 Å². The van der Waals surface area contributed by atoms with Gasteiger partial charge in [0, 0.05) is 17.6 Å². The largest absolute Gasteiger partial charge is 0.495 e. The lowest BCUT2D eigenvalue weighted by Crippen LogP contribution is -2.13. The summed E-state index contributed by atoms with van der Waals surface area (Å²) in [5.41, 5.74) is 5.96. The number of hydrogen-bond donors (Lipinski definition) is 2. The maximum Gasteiger partial charge on any atom is 0.263 e. The first-order chi connectivity index (χ1) is 8.53. The van der Waals surface area contributed by atoms with E-state index < -0.39 is 10.0 Å². The molecule has 0 aliphatic rings. The van der Waals surface area contributed by atoms with Gasteiger partial charge in [-0.25, -0.2) is 8.42 Å². The minimum atomic E-state index is -3.75.